The number of nitrogens with zero attached hydrogens (tertiary/aromatic N) is 2. The number of carbonyl (C=O) groups is 1. The van der Waals surface area contributed by atoms with Gasteiger partial charge >= 0.3 is 0 Å². The van der Waals surface area contributed by atoms with Gasteiger partial charge in [0.2, 0.25) is 0 Å². The molecule has 0 heterocycles. The minimum Gasteiger partial charge on any atom is -0.344 e. The van der Waals surface area contributed by atoms with Crippen LogP contribution >= 0.6 is 34.8 Å². The third kappa shape index (κ3) is 5.80. The average Bonchev–Trinajstić information content (AvgIpc) is 2.61. The zero-order valence-corrected chi connectivity index (χ0v) is 16.8. The molecule has 2 aromatic carbocycles. The smallest absolute Gasteiger partial charge is 0.257 e. The van der Waals surface area contributed by atoms with Crippen LogP contribution in [0.2, 0.25) is 0 Å². The van der Waals surface area contributed by atoms with Gasteiger partial charge in [0.25, 0.3) is 5.91 Å². The minimum absolute atomic E-state index is 0.238. The van der Waals surface area contributed by atoms with E-state index in [0.717, 1.165) is 14.7 Å². The number of aryl methyl sites for hydroxylation is 1. The number of hydrogen-bond donors (Lipinski definition) is 1. The van der Waals surface area contributed by atoms with E-state index in [-0.39, 0.29) is 5.91 Å². The largest absolute Gasteiger partial charge is 0.344 e. The van der Waals surface area contributed by atoms with Crippen LogP contribution < -0.4 is 5.32 Å². The SMILES string of the molecule is Cc1ccc(C(=O)NC(=S)N(CCC#N)Cc2ccccc2)cc1I. The Hall–Kier alpha value is -1.98. The molecule has 0 bridgehead atoms. The molecule has 0 aliphatic carbocycles. The third-order valence-corrected chi connectivity index (χ3v) is 5.17. The molecule has 0 aromatic heterocycles. The number of rotatable bonds is 5. The van der Waals surface area contributed by atoms with Gasteiger partial charge in [0.1, 0.15) is 0 Å². The van der Waals surface area contributed by atoms with Gasteiger partial charge in [-0.05, 0) is 65.0 Å². The lowest BCUT2D eigenvalue weighted by Crippen LogP contribution is -2.42. The van der Waals surface area contributed by atoms with E-state index in [1.165, 1.54) is 0 Å². The van der Waals surface area contributed by atoms with Crippen LogP contribution in [0.25, 0.3) is 0 Å². The average molecular weight is 463 g/mol. The van der Waals surface area contributed by atoms with Crippen molar-refractivity contribution in [2.75, 3.05) is 6.54 Å². The van der Waals surface area contributed by atoms with Crippen LogP contribution in [0.4, 0.5) is 0 Å². The molecule has 25 heavy (non-hydrogen) atoms. The molecule has 0 saturated carbocycles. The standard InChI is InChI=1S/C19H18IN3OS/c1-14-8-9-16(12-17(14)20)18(24)22-19(25)23(11-5-10-21)13-15-6-3-2-4-7-15/h2-4,6-9,12H,5,11,13H2,1H3,(H,22,24,25). The summed E-state index contributed by atoms with van der Waals surface area (Å²) in [6.45, 7) is 3.01. The van der Waals surface area contributed by atoms with E-state index in [0.29, 0.717) is 30.2 Å². The minimum atomic E-state index is -0.238. The van der Waals surface area contributed by atoms with E-state index in [1.54, 1.807) is 6.07 Å². The molecular weight excluding hydrogens is 445 g/mol. The van der Waals surface area contributed by atoms with Crippen molar-refractivity contribution < 1.29 is 4.79 Å². The summed E-state index contributed by atoms with van der Waals surface area (Å²) in [5, 5.41) is 12.0. The van der Waals surface area contributed by atoms with Crippen LogP contribution in [-0.4, -0.2) is 22.5 Å². The maximum absolute atomic E-state index is 12.5. The normalized spacial score (nSPS) is 9.96. The lowest BCUT2D eigenvalue weighted by atomic mass is 10.1. The Morgan fingerprint density at radius 3 is 2.64 bits per heavy atom. The van der Waals surface area contributed by atoms with Gasteiger partial charge in [-0.1, -0.05) is 36.4 Å². The van der Waals surface area contributed by atoms with Crippen LogP contribution in [-0.2, 0) is 6.54 Å². The number of nitrogens with one attached hydrogen (secondary N) is 1. The molecule has 0 spiro atoms. The summed E-state index contributed by atoms with van der Waals surface area (Å²) in [4.78, 5) is 14.3. The molecule has 1 N–H and O–H groups in total. The monoisotopic (exact) mass is 463 g/mol. The van der Waals surface area contributed by atoms with Crippen LogP contribution in [0.1, 0.15) is 27.9 Å². The molecule has 0 fully saturated rings. The van der Waals surface area contributed by atoms with Crippen LogP contribution in [0.3, 0.4) is 0 Å². The van der Waals surface area contributed by atoms with Crippen molar-refractivity contribution >= 4 is 45.8 Å². The van der Waals surface area contributed by atoms with Gasteiger partial charge in [-0.25, -0.2) is 0 Å². The quantitative estimate of drug-likeness (QED) is 0.538. The highest BCUT2D eigenvalue weighted by Crippen LogP contribution is 2.14. The van der Waals surface area contributed by atoms with E-state index < -0.39 is 0 Å². The summed E-state index contributed by atoms with van der Waals surface area (Å²) in [6.07, 6.45) is 0.339. The van der Waals surface area contributed by atoms with E-state index in [9.17, 15) is 4.79 Å². The number of thiocarbonyl (C=S) groups is 1. The highest BCUT2D eigenvalue weighted by atomic mass is 127. The first kappa shape index (κ1) is 19.3. The molecule has 0 aliphatic heterocycles. The highest BCUT2D eigenvalue weighted by Gasteiger charge is 2.15. The van der Waals surface area contributed by atoms with Crippen molar-refractivity contribution in [3.63, 3.8) is 0 Å². The highest BCUT2D eigenvalue weighted by molar-refractivity contribution is 14.1. The van der Waals surface area contributed by atoms with Gasteiger partial charge in [0.15, 0.2) is 5.11 Å². The fraction of sp³-hybridized carbons (Fsp3) is 0.211. The Morgan fingerprint density at radius 2 is 2.00 bits per heavy atom. The summed E-state index contributed by atoms with van der Waals surface area (Å²) in [5.74, 6) is -0.238. The molecule has 128 valence electrons. The summed E-state index contributed by atoms with van der Waals surface area (Å²) >= 11 is 7.61. The molecule has 0 saturated heterocycles. The third-order valence-electron chi connectivity index (χ3n) is 3.65. The summed E-state index contributed by atoms with van der Waals surface area (Å²) < 4.78 is 1.03. The number of halogens is 1. The summed E-state index contributed by atoms with van der Waals surface area (Å²) in [6, 6.07) is 17.5. The molecule has 0 atom stereocenters. The van der Waals surface area contributed by atoms with Gasteiger partial charge in [-0.2, -0.15) is 5.26 Å². The van der Waals surface area contributed by atoms with Gasteiger partial charge in [-0.3, -0.25) is 10.1 Å². The molecule has 2 rings (SSSR count). The van der Waals surface area contributed by atoms with Crippen molar-refractivity contribution in [1.82, 2.24) is 10.2 Å². The number of carbonyl (C=O) groups excluding carboxylic acids is 1. The summed E-state index contributed by atoms with van der Waals surface area (Å²) in [7, 11) is 0. The molecule has 2 aromatic rings. The van der Waals surface area contributed by atoms with Crippen LogP contribution in [0, 0.1) is 21.8 Å². The topological polar surface area (TPSA) is 56.1 Å². The van der Waals surface area contributed by atoms with Crippen molar-refractivity contribution in [3.05, 3.63) is 68.8 Å². The first-order valence-electron chi connectivity index (χ1n) is 7.78. The van der Waals surface area contributed by atoms with Gasteiger partial charge in [-0.15, -0.1) is 0 Å². The molecule has 0 radical (unpaired) electrons. The second-order valence-electron chi connectivity index (χ2n) is 5.54. The van der Waals surface area contributed by atoms with E-state index >= 15 is 0 Å². The van der Waals surface area contributed by atoms with E-state index in [2.05, 4.69) is 34.0 Å². The number of benzene rings is 2. The Kier molecular flexibility index (Phi) is 7.34. The lowest BCUT2D eigenvalue weighted by Gasteiger charge is -2.24. The predicted octanol–water partition coefficient (Wildman–Crippen LogP) is 4.03. The van der Waals surface area contributed by atoms with Gasteiger partial charge < -0.3 is 4.90 Å². The van der Waals surface area contributed by atoms with Crippen molar-refractivity contribution in [3.8, 4) is 6.07 Å². The second kappa shape index (κ2) is 9.49. The van der Waals surface area contributed by atoms with E-state index in [1.807, 2.05) is 54.3 Å². The predicted molar refractivity (Wildman–Crippen MR) is 111 cm³/mol. The van der Waals surface area contributed by atoms with Gasteiger partial charge in [0, 0.05) is 22.2 Å². The molecule has 0 unspecified atom stereocenters. The zero-order chi connectivity index (χ0) is 18.2. The van der Waals surface area contributed by atoms with Crippen LogP contribution in [0.15, 0.2) is 48.5 Å². The van der Waals surface area contributed by atoms with E-state index in [4.69, 9.17) is 17.5 Å². The van der Waals surface area contributed by atoms with Gasteiger partial charge in [0.05, 0.1) is 12.5 Å². The number of nitriles is 1. The van der Waals surface area contributed by atoms with Crippen molar-refractivity contribution in [2.24, 2.45) is 0 Å². The number of hydrogen-bond acceptors (Lipinski definition) is 3. The Balaban J connectivity index is 2.08. The summed E-state index contributed by atoms with van der Waals surface area (Å²) in [5.41, 5.74) is 2.76. The molecule has 6 heteroatoms. The lowest BCUT2D eigenvalue weighted by molar-refractivity contribution is 0.0973. The van der Waals surface area contributed by atoms with Crippen LogP contribution in [0.5, 0.6) is 0 Å². The molecular formula is C19H18IN3OS. The molecule has 1 amide bonds. The first-order valence-corrected chi connectivity index (χ1v) is 9.27. The molecule has 4 nitrogen and oxygen atoms in total. The fourth-order valence-electron chi connectivity index (χ4n) is 2.22. The number of amides is 1. The molecule has 0 aliphatic rings. The Bertz CT molecular complexity index is 802. The zero-order valence-electron chi connectivity index (χ0n) is 13.8. The second-order valence-corrected chi connectivity index (χ2v) is 7.09. The Labute approximate surface area is 167 Å². The maximum Gasteiger partial charge on any atom is 0.257 e. The van der Waals surface area contributed by atoms with Crippen molar-refractivity contribution in [1.29, 1.82) is 5.26 Å². The maximum atomic E-state index is 12.5. The first-order chi connectivity index (χ1) is 12.0. The van der Waals surface area contributed by atoms with Crippen molar-refractivity contribution in [2.45, 2.75) is 19.9 Å². The Morgan fingerprint density at radius 1 is 1.28 bits per heavy atom. The fourth-order valence-corrected chi connectivity index (χ4v) is 2.99.